The summed E-state index contributed by atoms with van der Waals surface area (Å²) in [5.74, 6) is -0.387. The maximum atomic E-state index is 12.8. The van der Waals surface area contributed by atoms with Crippen LogP contribution >= 0.6 is 0 Å². The van der Waals surface area contributed by atoms with Crippen LogP contribution < -0.4 is 5.32 Å². The van der Waals surface area contributed by atoms with Gasteiger partial charge in [0.05, 0.1) is 5.56 Å². The maximum Gasteiger partial charge on any atom is 0.296 e. The summed E-state index contributed by atoms with van der Waals surface area (Å²) >= 11 is 0. The Balaban J connectivity index is 1.65. The first-order valence-electron chi connectivity index (χ1n) is 9.04. The molecule has 0 unspecified atom stereocenters. The highest BCUT2D eigenvalue weighted by Gasteiger charge is 2.26. The monoisotopic (exact) mass is 346 g/mol. The molecule has 1 aliphatic rings. The molecule has 4 rings (SSSR count). The van der Waals surface area contributed by atoms with E-state index in [4.69, 9.17) is 0 Å². The highest BCUT2D eigenvalue weighted by atomic mass is 16.2. The van der Waals surface area contributed by atoms with Gasteiger partial charge in [-0.25, -0.2) is 0 Å². The van der Waals surface area contributed by atoms with Crippen LogP contribution in [0.2, 0.25) is 0 Å². The van der Waals surface area contributed by atoms with E-state index in [0.29, 0.717) is 17.2 Å². The molecule has 0 saturated heterocycles. The molecule has 26 heavy (non-hydrogen) atoms. The van der Waals surface area contributed by atoms with Gasteiger partial charge in [-0.1, -0.05) is 30.3 Å². The number of nitrogens with zero attached hydrogens (tertiary/aromatic N) is 1. The molecule has 1 aliphatic carbocycles. The van der Waals surface area contributed by atoms with Crippen LogP contribution in [0.3, 0.4) is 0 Å². The highest BCUT2D eigenvalue weighted by Crippen LogP contribution is 2.33. The molecule has 3 aromatic rings. The van der Waals surface area contributed by atoms with Crippen molar-refractivity contribution in [3.63, 3.8) is 0 Å². The lowest BCUT2D eigenvalue weighted by Crippen LogP contribution is -2.23. The zero-order chi connectivity index (χ0) is 18.3. The summed E-state index contributed by atoms with van der Waals surface area (Å²) in [4.78, 5) is 25.4. The standard InChI is InChI=1S/C22H22N2O2/c1-14-6-5-8-19(15(14)2)23-22(26)21(25)18-13-24(12-16-10-11-16)20-9-4-3-7-17(18)20/h3-9,13,16H,10-12H2,1-2H3,(H,23,26). The number of nitrogens with one attached hydrogen (secondary N) is 1. The predicted molar refractivity (Wildman–Crippen MR) is 104 cm³/mol. The number of rotatable bonds is 5. The van der Waals surface area contributed by atoms with E-state index in [1.54, 1.807) is 0 Å². The topological polar surface area (TPSA) is 51.1 Å². The Morgan fingerprint density at radius 3 is 2.62 bits per heavy atom. The molecule has 2 aromatic carbocycles. The summed E-state index contributed by atoms with van der Waals surface area (Å²) in [5.41, 5.74) is 4.23. The smallest absolute Gasteiger partial charge is 0.296 e. The van der Waals surface area contributed by atoms with Crippen LogP contribution in [0, 0.1) is 19.8 Å². The Bertz CT molecular complexity index is 1010. The molecule has 0 bridgehead atoms. The number of hydrogen-bond acceptors (Lipinski definition) is 2. The zero-order valence-corrected chi connectivity index (χ0v) is 15.1. The largest absolute Gasteiger partial charge is 0.346 e. The van der Waals surface area contributed by atoms with Gasteiger partial charge >= 0.3 is 0 Å². The number of ketones is 1. The van der Waals surface area contributed by atoms with Crippen molar-refractivity contribution in [2.75, 3.05) is 5.32 Å². The lowest BCUT2D eigenvalue weighted by Gasteiger charge is -2.09. The predicted octanol–water partition coefficient (Wildman–Crippen LogP) is 4.49. The summed E-state index contributed by atoms with van der Waals surface area (Å²) in [6, 6.07) is 13.5. The van der Waals surface area contributed by atoms with Crippen LogP contribution in [0.25, 0.3) is 10.9 Å². The second kappa shape index (κ2) is 6.45. The van der Waals surface area contributed by atoms with Crippen molar-refractivity contribution in [2.45, 2.75) is 33.2 Å². The summed E-state index contributed by atoms with van der Waals surface area (Å²) in [7, 11) is 0. The number of fused-ring (bicyclic) bond motifs is 1. The van der Waals surface area contributed by atoms with Crippen LogP contribution in [-0.2, 0) is 11.3 Å². The third kappa shape index (κ3) is 3.03. The van der Waals surface area contributed by atoms with Crippen LogP contribution in [0.15, 0.2) is 48.7 Å². The number of anilines is 1. The molecule has 1 fully saturated rings. The van der Waals surface area contributed by atoms with Crippen molar-refractivity contribution >= 4 is 28.3 Å². The Labute approximate surface area is 152 Å². The van der Waals surface area contributed by atoms with E-state index < -0.39 is 11.7 Å². The van der Waals surface area contributed by atoms with Crippen LogP contribution in [0.1, 0.15) is 34.3 Å². The first-order chi connectivity index (χ1) is 12.5. The van der Waals surface area contributed by atoms with Crippen LogP contribution in [0.4, 0.5) is 5.69 Å². The van der Waals surface area contributed by atoms with E-state index >= 15 is 0 Å². The average Bonchev–Trinajstić information content (AvgIpc) is 3.39. The highest BCUT2D eigenvalue weighted by molar-refractivity contribution is 6.48. The summed E-state index contributed by atoms with van der Waals surface area (Å²) in [6.07, 6.45) is 4.32. The molecular weight excluding hydrogens is 324 g/mol. The first-order valence-corrected chi connectivity index (χ1v) is 9.04. The van der Waals surface area contributed by atoms with Gasteiger partial charge in [-0.3, -0.25) is 9.59 Å². The fourth-order valence-corrected chi connectivity index (χ4v) is 3.35. The number of hydrogen-bond donors (Lipinski definition) is 1. The molecule has 4 heteroatoms. The van der Waals surface area contributed by atoms with Gasteiger partial charge in [0.1, 0.15) is 0 Å². The number of carbonyl (C=O) groups excluding carboxylic acids is 2. The SMILES string of the molecule is Cc1cccc(NC(=O)C(=O)c2cn(CC3CC3)c3ccccc23)c1C. The number of carbonyl (C=O) groups is 2. The molecule has 0 spiro atoms. The Morgan fingerprint density at radius 1 is 1.08 bits per heavy atom. The van der Waals surface area contributed by atoms with Crippen molar-refractivity contribution in [1.82, 2.24) is 4.57 Å². The third-order valence-electron chi connectivity index (χ3n) is 5.24. The second-order valence-electron chi connectivity index (χ2n) is 7.19. The second-order valence-corrected chi connectivity index (χ2v) is 7.19. The fourth-order valence-electron chi connectivity index (χ4n) is 3.35. The van der Waals surface area contributed by atoms with Gasteiger partial charge in [0.15, 0.2) is 0 Å². The molecule has 0 atom stereocenters. The summed E-state index contributed by atoms with van der Waals surface area (Å²) < 4.78 is 2.12. The molecule has 0 radical (unpaired) electrons. The normalized spacial score (nSPS) is 13.8. The van der Waals surface area contributed by atoms with Gasteiger partial charge in [-0.15, -0.1) is 0 Å². The number of benzene rings is 2. The molecule has 1 N–H and O–H groups in total. The van der Waals surface area contributed by atoms with Crippen molar-refractivity contribution in [1.29, 1.82) is 0 Å². The lowest BCUT2D eigenvalue weighted by atomic mass is 10.1. The van der Waals surface area contributed by atoms with E-state index in [0.717, 1.165) is 28.6 Å². The summed E-state index contributed by atoms with van der Waals surface area (Å²) in [6.45, 7) is 4.83. The molecule has 1 amide bonds. The Morgan fingerprint density at radius 2 is 1.85 bits per heavy atom. The quantitative estimate of drug-likeness (QED) is 0.547. The van der Waals surface area contributed by atoms with Gasteiger partial charge in [0, 0.05) is 29.3 Å². The van der Waals surface area contributed by atoms with Gasteiger partial charge in [-0.2, -0.15) is 0 Å². The van der Waals surface area contributed by atoms with Gasteiger partial charge in [0.25, 0.3) is 11.7 Å². The number of aromatic nitrogens is 1. The molecule has 1 aromatic heterocycles. The minimum atomic E-state index is -0.590. The minimum Gasteiger partial charge on any atom is -0.346 e. The minimum absolute atomic E-state index is 0.476. The van der Waals surface area contributed by atoms with Crippen molar-refractivity contribution < 1.29 is 9.59 Å². The third-order valence-corrected chi connectivity index (χ3v) is 5.24. The zero-order valence-electron chi connectivity index (χ0n) is 15.1. The van der Waals surface area contributed by atoms with E-state index in [1.165, 1.54) is 12.8 Å². The number of para-hydroxylation sites is 1. The molecule has 0 aliphatic heterocycles. The van der Waals surface area contributed by atoms with Gasteiger partial charge < -0.3 is 9.88 Å². The fraction of sp³-hybridized carbons (Fsp3) is 0.273. The van der Waals surface area contributed by atoms with E-state index in [-0.39, 0.29) is 0 Å². The molecule has 1 saturated carbocycles. The van der Waals surface area contributed by atoms with Crippen LogP contribution in [-0.4, -0.2) is 16.3 Å². The lowest BCUT2D eigenvalue weighted by molar-refractivity contribution is -0.112. The number of amides is 1. The Hall–Kier alpha value is -2.88. The van der Waals surface area contributed by atoms with Gasteiger partial charge in [-0.05, 0) is 55.9 Å². The molecule has 132 valence electrons. The van der Waals surface area contributed by atoms with Crippen LogP contribution in [0.5, 0.6) is 0 Å². The maximum absolute atomic E-state index is 12.8. The van der Waals surface area contributed by atoms with Gasteiger partial charge in [0.2, 0.25) is 0 Å². The summed E-state index contributed by atoms with van der Waals surface area (Å²) in [5, 5.41) is 3.62. The number of aryl methyl sites for hydroxylation is 1. The van der Waals surface area contributed by atoms with E-state index in [2.05, 4.69) is 9.88 Å². The van der Waals surface area contributed by atoms with E-state index in [9.17, 15) is 9.59 Å². The van der Waals surface area contributed by atoms with Crippen molar-refractivity contribution in [3.05, 3.63) is 65.4 Å². The van der Waals surface area contributed by atoms with Crippen molar-refractivity contribution in [2.24, 2.45) is 5.92 Å². The first kappa shape index (κ1) is 16.6. The number of Topliss-reactive ketones (excluding diaryl/α,β-unsaturated/α-hetero) is 1. The van der Waals surface area contributed by atoms with Crippen molar-refractivity contribution in [3.8, 4) is 0 Å². The molecular formula is C22H22N2O2. The average molecular weight is 346 g/mol. The molecule has 1 heterocycles. The molecule has 4 nitrogen and oxygen atoms in total. The Kier molecular flexibility index (Phi) is 4.11. The van der Waals surface area contributed by atoms with E-state index in [1.807, 2.05) is 62.5 Å².